The van der Waals surface area contributed by atoms with Crippen LogP contribution in [-0.2, 0) is 9.47 Å². The molecule has 0 bridgehead atoms. The molecule has 0 spiro atoms. The Kier molecular flexibility index (Phi) is 7.10. The molecule has 2 nitrogen and oxygen atoms in total. The number of hydrogen-bond donors (Lipinski definition) is 0. The van der Waals surface area contributed by atoms with Crippen LogP contribution in [0.15, 0.2) is 25.3 Å². The van der Waals surface area contributed by atoms with Gasteiger partial charge in [0.2, 0.25) is 0 Å². The number of ether oxygens (including phenoxy) is 2. The zero-order chi connectivity index (χ0) is 8.53. The summed E-state index contributed by atoms with van der Waals surface area (Å²) in [6.07, 6.45) is 3.26. The molecule has 0 N–H and O–H groups in total. The maximum atomic E-state index is 5.15. The van der Waals surface area contributed by atoms with E-state index in [1.165, 1.54) is 0 Å². The highest BCUT2D eigenvalue weighted by molar-refractivity contribution is 4.69. The van der Waals surface area contributed by atoms with Crippen molar-refractivity contribution in [2.24, 2.45) is 0 Å². The van der Waals surface area contributed by atoms with Gasteiger partial charge in [0.25, 0.3) is 0 Å². The SMILES string of the molecule is [CH2]C(COCC=C)OCC=C. The maximum absolute atomic E-state index is 5.15. The third-order valence-electron chi connectivity index (χ3n) is 0.989. The quantitative estimate of drug-likeness (QED) is 0.410. The van der Waals surface area contributed by atoms with Gasteiger partial charge in [-0.05, 0) is 6.92 Å². The van der Waals surface area contributed by atoms with Gasteiger partial charge in [-0.2, -0.15) is 0 Å². The summed E-state index contributed by atoms with van der Waals surface area (Å²) in [6, 6.07) is 0. The van der Waals surface area contributed by atoms with E-state index in [0.29, 0.717) is 19.8 Å². The third kappa shape index (κ3) is 7.30. The smallest absolute Gasteiger partial charge is 0.0813 e. The fourth-order valence-corrected chi connectivity index (χ4v) is 0.535. The molecule has 0 heterocycles. The molecule has 0 aliphatic carbocycles. The van der Waals surface area contributed by atoms with Crippen LogP contribution in [0.25, 0.3) is 0 Å². The molecule has 0 saturated heterocycles. The fraction of sp³-hybridized carbons (Fsp3) is 0.444. The van der Waals surface area contributed by atoms with Crippen molar-refractivity contribution >= 4 is 0 Å². The molecule has 0 aromatic heterocycles. The number of rotatable bonds is 7. The van der Waals surface area contributed by atoms with Crippen molar-refractivity contribution in [3.05, 3.63) is 32.2 Å². The molecule has 2 heteroatoms. The fourth-order valence-electron chi connectivity index (χ4n) is 0.535. The molecule has 0 fully saturated rings. The normalized spacial score (nSPS) is 12.5. The van der Waals surface area contributed by atoms with E-state index in [9.17, 15) is 0 Å². The van der Waals surface area contributed by atoms with E-state index in [0.717, 1.165) is 0 Å². The molecule has 11 heavy (non-hydrogen) atoms. The van der Waals surface area contributed by atoms with Crippen molar-refractivity contribution in [3.63, 3.8) is 0 Å². The lowest BCUT2D eigenvalue weighted by Crippen LogP contribution is -2.16. The summed E-state index contributed by atoms with van der Waals surface area (Å²) >= 11 is 0. The summed E-state index contributed by atoms with van der Waals surface area (Å²) < 4.78 is 10.3. The van der Waals surface area contributed by atoms with Gasteiger partial charge in [-0.1, -0.05) is 12.2 Å². The van der Waals surface area contributed by atoms with E-state index < -0.39 is 0 Å². The van der Waals surface area contributed by atoms with Crippen molar-refractivity contribution < 1.29 is 9.47 Å². The first kappa shape index (κ1) is 10.4. The van der Waals surface area contributed by atoms with E-state index in [1.807, 2.05) is 0 Å². The van der Waals surface area contributed by atoms with Crippen LogP contribution in [0.2, 0.25) is 0 Å². The van der Waals surface area contributed by atoms with Crippen molar-refractivity contribution in [2.75, 3.05) is 19.8 Å². The zero-order valence-electron chi connectivity index (χ0n) is 6.79. The summed E-state index contributed by atoms with van der Waals surface area (Å²) in [5.41, 5.74) is 0. The summed E-state index contributed by atoms with van der Waals surface area (Å²) in [6.45, 7) is 12.3. The molecule has 63 valence electrons. The first-order valence-corrected chi connectivity index (χ1v) is 3.55. The van der Waals surface area contributed by atoms with Crippen molar-refractivity contribution in [3.8, 4) is 0 Å². The predicted molar refractivity (Wildman–Crippen MR) is 46.3 cm³/mol. The minimum Gasteiger partial charge on any atom is -0.375 e. The Bertz CT molecular complexity index is 110. The summed E-state index contributed by atoms with van der Waals surface area (Å²) in [7, 11) is 0. The van der Waals surface area contributed by atoms with Crippen LogP contribution in [0.1, 0.15) is 0 Å². The molecule has 0 aromatic rings. The van der Waals surface area contributed by atoms with Crippen LogP contribution in [0.5, 0.6) is 0 Å². The second-order valence-electron chi connectivity index (χ2n) is 2.07. The highest BCUT2D eigenvalue weighted by Crippen LogP contribution is 1.91. The molecular formula is C9H15O2. The Morgan fingerprint density at radius 3 is 2.36 bits per heavy atom. The minimum atomic E-state index is -0.118. The lowest BCUT2D eigenvalue weighted by atomic mass is 10.4. The lowest BCUT2D eigenvalue weighted by Gasteiger charge is -2.10. The van der Waals surface area contributed by atoms with E-state index >= 15 is 0 Å². The topological polar surface area (TPSA) is 18.5 Å². The second kappa shape index (κ2) is 7.51. The highest BCUT2D eigenvalue weighted by Gasteiger charge is 1.98. The molecule has 1 radical (unpaired) electrons. The molecule has 1 atom stereocenters. The van der Waals surface area contributed by atoms with Crippen LogP contribution in [0, 0.1) is 6.92 Å². The van der Waals surface area contributed by atoms with Gasteiger partial charge in [-0.15, -0.1) is 13.2 Å². The first-order chi connectivity index (χ1) is 5.31. The van der Waals surface area contributed by atoms with E-state index in [4.69, 9.17) is 9.47 Å². The molecule has 0 saturated carbocycles. The Morgan fingerprint density at radius 2 is 1.82 bits per heavy atom. The van der Waals surface area contributed by atoms with Crippen molar-refractivity contribution in [2.45, 2.75) is 6.10 Å². The Labute approximate surface area is 68.5 Å². The van der Waals surface area contributed by atoms with Gasteiger partial charge in [0.15, 0.2) is 0 Å². The van der Waals surface area contributed by atoms with Gasteiger partial charge in [0, 0.05) is 0 Å². The summed E-state index contributed by atoms with van der Waals surface area (Å²) in [5, 5.41) is 0. The highest BCUT2D eigenvalue weighted by atomic mass is 16.5. The van der Waals surface area contributed by atoms with Gasteiger partial charge in [-0.3, -0.25) is 0 Å². The Morgan fingerprint density at radius 1 is 1.18 bits per heavy atom. The van der Waals surface area contributed by atoms with E-state index in [1.54, 1.807) is 12.2 Å². The number of hydrogen-bond acceptors (Lipinski definition) is 2. The summed E-state index contributed by atoms with van der Waals surface area (Å²) in [5.74, 6) is 0. The second-order valence-corrected chi connectivity index (χ2v) is 2.07. The zero-order valence-corrected chi connectivity index (χ0v) is 6.79. The van der Waals surface area contributed by atoms with E-state index in [2.05, 4.69) is 20.1 Å². The van der Waals surface area contributed by atoms with Crippen LogP contribution < -0.4 is 0 Å². The standard InChI is InChI=1S/C9H15O2/c1-4-6-10-8-9(3)11-7-5-2/h4-5,9H,1-3,6-8H2. The molecule has 0 rings (SSSR count). The monoisotopic (exact) mass is 155 g/mol. The van der Waals surface area contributed by atoms with Gasteiger partial charge >= 0.3 is 0 Å². The molecule has 0 aliphatic rings. The van der Waals surface area contributed by atoms with Gasteiger partial charge in [-0.25, -0.2) is 0 Å². The van der Waals surface area contributed by atoms with Crippen LogP contribution >= 0.6 is 0 Å². The average Bonchev–Trinajstić information content (AvgIpc) is 2.01. The lowest BCUT2D eigenvalue weighted by molar-refractivity contribution is 0.0271. The molecule has 0 aliphatic heterocycles. The first-order valence-electron chi connectivity index (χ1n) is 3.55. The van der Waals surface area contributed by atoms with Crippen LogP contribution in [-0.4, -0.2) is 25.9 Å². The Balaban J connectivity index is 3.14. The summed E-state index contributed by atoms with van der Waals surface area (Å²) in [4.78, 5) is 0. The molecule has 1 unspecified atom stereocenters. The average molecular weight is 155 g/mol. The molecular weight excluding hydrogens is 140 g/mol. The molecule has 0 amide bonds. The van der Waals surface area contributed by atoms with Crippen molar-refractivity contribution in [1.82, 2.24) is 0 Å². The van der Waals surface area contributed by atoms with Crippen molar-refractivity contribution in [1.29, 1.82) is 0 Å². The third-order valence-corrected chi connectivity index (χ3v) is 0.989. The Hall–Kier alpha value is -0.600. The van der Waals surface area contributed by atoms with Crippen LogP contribution in [0.3, 0.4) is 0 Å². The van der Waals surface area contributed by atoms with Gasteiger partial charge in [0.1, 0.15) is 0 Å². The van der Waals surface area contributed by atoms with Gasteiger partial charge in [0.05, 0.1) is 25.9 Å². The van der Waals surface area contributed by atoms with Crippen LogP contribution in [0.4, 0.5) is 0 Å². The molecule has 0 aromatic carbocycles. The largest absolute Gasteiger partial charge is 0.375 e. The maximum Gasteiger partial charge on any atom is 0.0813 e. The minimum absolute atomic E-state index is 0.118. The van der Waals surface area contributed by atoms with Gasteiger partial charge < -0.3 is 9.47 Å². The predicted octanol–water partition coefficient (Wildman–Crippen LogP) is 1.59. The van der Waals surface area contributed by atoms with E-state index in [-0.39, 0.29) is 6.10 Å².